The topological polar surface area (TPSA) is 26.3 Å². The van der Waals surface area contributed by atoms with E-state index in [0.29, 0.717) is 13.0 Å². The Kier molecular flexibility index (Phi) is 7.83. The fraction of sp³-hybridized carbons (Fsp3) is 0.786. The molecule has 0 aromatic heterocycles. The summed E-state index contributed by atoms with van der Waals surface area (Å²) in [6, 6.07) is 0. The minimum atomic E-state index is -1.32. The van der Waals surface area contributed by atoms with Gasteiger partial charge in [0.15, 0.2) is 0 Å². The van der Waals surface area contributed by atoms with Crippen LogP contribution >= 0.6 is 0 Å². The van der Waals surface area contributed by atoms with Gasteiger partial charge in [-0.2, -0.15) is 0 Å². The van der Waals surface area contributed by atoms with Crippen molar-refractivity contribution in [3.05, 3.63) is 12.2 Å². The molecule has 0 saturated carbocycles. The molecule has 0 rings (SSSR count). The van der Waals surface area contributed by atoms with E-state index < -0.39 is 18.3 Å². The average molecular weight is 228 g/mol. The van der Waals surface area contributed by atoms with Crippen molar-refractivity contribution in [3.8, 4) is 0 Å². The largest absolute Gasteiger partial charge is 0.466 e. The Balaban J connectivity index is 4.53. The smallest absolute Gasteiger partial charge is 0.312 e. The predicted octanol–water partition coefficient (Wildman–Crippen LogP) is 4.10. The summed E-state index contributed by atoms with van der Waals surface area (Å²) >= 11 is 0. The Labute approximate surface area is 103 Å². The number of hydrogen-bond acceptors (Lipinski definition) is 2. The fourth-order valence-corrected chi connectivity index (χ4v) is 1.43. The van der Waals surface area contributed by atoms with Crippen LogP contribution in [0.3, 0.4) is 0 Å². The Hall–Kier alpha value is -0.790. The van der Waals surface area contributed by atoms with Gasteiger partial charge in [-0.3, -0.25) is 4.79 Å². The molecule has 2 atom stereocenters. The van der Waals surface area contributed by atoms with Crippen molar-refractivity contribution in [3.63, 3.8) is 0 Å². The van der Waals surface area contributed by atoms with Gasteiger partial charge in [-0.15, -0.1) is 0 Å². The molecule has 2 heteroatoms. The summed E-state index contributed by atoms with van der Waals surface area (Å²) in [7, 11) is 0. The molecule has 0 N–H and O–H groups in total. The highest BCUT2D eigenvalue weighted by Crippen LogP contribution is 2.14. The Morgan fingerprint density at radius 1 is 1.38 bits per heavy atom. The molecule has 0 heterocycles. The number of carbonyl (C=O) groups excluding carboxylic acids is 1. The van der Waals surface area contributed by atoms with Gasteiger partial charge in [0.25, 0.3) is 0 Å². The van der Waals surface area contributed by atoms with Crippen LogP contribution < -0.4 is 0 Å². The monoisotopic (exact) mass is 228 g/mol. The molecule has 0 spiro atoms. The van der Waals surface area contributed by atoms with Crippen LogP contribution in [0, 0.1) is 5.89 Å². The van der Waals surface area contributed by atoms with E-state index >= 15 is 0 Å². The van der Waals surface area contributed by atoms with Crippen LogP contribution in [-0.4, -0.2) is 12.6 Å². The fourth-order valence-electron chi connectivity index (χ4n) is 1.43. The van der Waals surface area contributed by atoms with Gasteiger partial charge in [-0.1, -0.05) is 51.7 Å². The Bertz CT molecular complexity index is 265. The molecule has 0 aliphatic rings. The first kappa shape index (κ1) is 11.7. The normalized spacial score (nSPS) is 18.7. The van der Waals surface area contributed by atoms with Gasteiger partial charge < -0.3 is 4.74 Å². The highest BCUT2D eigenvalue weighted by molar-refractivity contribution is 5.74. The van der Waals surface area contributed by atoms with Crippen molar-refractivity contribution in [2.45, 2.75) is 59.3 Å². The summed E-state index contributed by atoms with van der Waals surface area (Å²) in [4.78, 5) is 11.8. The third-order valence-corrected chi connectivity index (χ3v) is 2.33. The number of unbranched alkanes of at least 4 members (excludes halogenated alkanes) is 3. The summed E-state index contributed by atoms with van der Waals surface area (Å²) in [6.07, 6.45) is 7.29. The van der Waals surface area contributed by atoms with Crippen LogP contribution in [0.15, 0.2) is 12.2 Å². The van der Waals surface area contributed by atoms with E-state index in [1.165, 1.54) is 6.08 Å². The molecular formula is C14H26O2. The van der Waals surface area contributed by atoms with Crippen molar-refractivity contribution in [2.24, 2.45) is 5.89 Å². The molecular weight excluding hydrogens is 200 g/mol. The zero-order chi connectivity index (χ0) is 14.0. The van der Waals surface area contributed by atoms with E-state index in [9.17, 15) is 4.79 Å². The lowest BCUT2D eigenvalue weighted by Crippen LogP contribution is -2.15. The number of carbonyl (C=O) groups is 1. The molecule has 0 saturated heterocycles. The van der Waals surface area contributed by atoms with Crippen LogP contribution in [0.5, 0.6) is 0 Å². The second kappa shape index (κ2) is 10.7. The van der Waals surface area contributed by atoms with Gasteiger partial charge in [-0.05, 0) is 19.7 Å². The van der Waals surface area contributed by atoms with Gasteiger partial charge in [0, 0.05) is 2.74 Å². The molecule has 0 aromatic rings. The molecule has 0 radical (unpaired) electrons. The summed E-state index contributed by atoms with van der Waals surface area (Å²) < 4.78 is 20.6. The highest BCUT2D eigenvalue weighted by Gasteiger charge is 2.15. The van der Waals surface area contributed by atoms with E-state index in [-0.39, 0.29) is 0 Å². The molecule has 2 nitrogen and oxygen atoms in total. The van der Waals surface area contributed by atoms with Gasteiger partial charge in [0.05, 0.1) is 12.5 Å². The SMILES string of the molecule is [2H]C(C)/C=C/C([2H])(CCCCCC)C(=O)OCC. The molecule has 0 fully saturated rings. The van der Waals surface area contributed by atoms with Crippen molar-refractivity contribution in [1.82, 2.24) is 0 Å². The van der Waals surface area contributed by atoms with E-state index in [4.69, 9.17) is 7.48 Å². The third-order valence-electron chi connectivity index (χ3n) is 2.33. The maximum absolute atomic E-state index is 11.8. The molecule has 0 aliphatic heterocycles. The summed E-state index contributed by atoms with van der Waals surface area (Å²) in [6.45, 7) is 5.87. The van der Waals surface area contributed by atoms with Crippen LogP contribution in [0.25, 0.3) is 0 Å². The number of esters is 1. The number of hydrogen-bond donors (Lipinski definition) is 0. The van der Waals surface area contributed by atoms with Crippen LogP contribution in [0.2, 0.25) is 0 Å². The van der Waals surface area contributed by atoms with Crippen molar-refractivity contribution in [1.29, 1.82) is 0 Å². The highest BCUT2D eigenvalue weighted by atomic mass is 16.5. The average Bonchev–Trinajstić information content (AvgIpc) is 2.32. The van der Waals surface area contributed by atoms with Crippen molar-refractivity contribution in [2.75, 3.05) is 6.61 Å². The van der Waals surface area contributed by atoms with Gasteiger partial charge >= 0.3 is 5.97 Å². The molecule has 0 aromatic carbocycles. The van der Waals surface area contributed by atoms with E-state index in [0.717, 1.165) is 25.7 Å². The summed E-state index contributed by atoms with van der Waals surface area (Å²) in [5, 5.41) is 0. The molecule has 0 amide bonds. The third kappa shape index (κ3) is 7.49. The quantitative estimate of drug-likeness (QED) is 0.337. The van der Waals surface area contributed by atoms with E-state index in [2.05, 4.69) is 6.92 Å². The first-order valence-electron chi connectivity index (χ1n) is 7.32. The lowest BCUT2D eigenvalue weighted by molar-refractivity contribution is -0.146. The minimum absolute atomic E-state index is 0.290. The number of rotatable bonds is 9. The second-order valence-electron chi connectivity index (χ2n) is 3.75. The molecule has 94 valence electrons. The number of ether oxygens (including phenoxy) is 1. The molecule has 0 aliphatic carbocycles. The van der Waals surface area contributed by atoms with Gasteiger partial charge in [0.2, 0.25) is 0 Å². The lowest BCUT2D eigenvalue weighted by Gasteiger charge is -2.11. The Morgan fingerprint density at radius 2 is 2.12 bits per heavy atom. The minimum Gasteiger partial charge on any atom is -0.466 e. The first-order valence-corrected chi connectivity index (χ1v) is 6.25. The van der Waals surface area contributed by atoms with Crippen molar-refractivity contribution >= 4 is 5.97 Å². The predicted molar refractivity (Wildman–Crippen MR) is 68.3 cm³/mol. The second-order valence-corrected chi connectivity index (χ2v) is 3.75. The molecule has 0 bridgehead atoms. The van der Waals surface area contributed by atoms with Crippen LogP contribution in [-0.2, 0) is 9.53 Å². The maximum Gasteiger partial charge on any atom is 0.312 e. The first-order chi connectivity index (χ1) is 8.46. The maximum atomic E-state index is 11.8. The summed E-state index contributed by atoms with van der Waals surface area (Å²) in [5.74, 6) is -1.82. The van der Waals surface area contributed by atoms with E-state index in [1.807, 2.05) is 0 Å². The zero-order valence-electron chi connectivity index (χ0n) is 12.8. The van der Waals surface area contributed by atoms with Crippen LogP contribution in [0.1, 0.15) is 62.0 Å². The van der Waals surface area contributed by atoms with Gasteiger partial charge in [0.1, 0.15) is 0 Å². The van der Waals surface area contributed by atoms with E-state index in [1.54, 1.807) is 19.9 Å². The van der Waals surface area contributed by atoms with Crippen molar-refractivity contribution < 1.29 is 12.3 Å². The Morgan fingerprint density at radius 3 is 2.69 bits per heavy atom. The zero-order valence-corrected chi connectivity index (χ0v) is 10.8. The molecule has 2 unspecified atom stereocenters. The van der Waals surface area contributed by atoms with Gasteiger partial charge in [-0.25, -0.2) is 0 Å². The summed E-state index contributed by atoms with van der Waals surface area (Å²) in [5.41, 5.74) is 0. The number of allylic oxidation sites excluding steroid dienone is 1. The van der Waals surface area contributed by atoms with Crippen LogP contribution in [0.4, 0.5) is 0 Å². The standard InChI is InChI=1S/C14H26O2/c1-4-7-9-10-12-13(11-8-5-2)14(15)16-6-3/h8,11,13H,4-7,9-10,12H2,1-3H3/b11-8+/i5D,13D. The lowest BCUT2D eigenvalue weighted by atomic mass is 10.00. The molecule has 16 heavy (non-hydrogen) atoms.